The molecule has 0 spiro atoms. The number of aromatic nitrogens is 2. The average molecular weight is 310 g/mol. The summed E-state index contributed by atoms with van der Waals surface area (Å²) in [5.41, 5.74) is 4.79. The van der Waals surface area contributed by atoms with E-state index in [1.165, 1.54) is 17.9 Å². The molecule has 0 bridgehead atoms. The zero-order valence-electron chi connectivity index (χ0n) is 10.6. The third-order valence-corrected chi connectivity index (χ3v) is 4.86. The van der Waals surface area contributed by atoms with Crippen LogP contribution in [0.15, 0.2) is 22.7 Å². The molecule has 0 aliphatic carbocycles. The summed E-state index contributed by atoms with van der Waals surface area (Å²) in [5.74, 6) is -0.168. The third-order valence-electron chi connectivity index (χ3n) is 2.98. The molecule has 20 heavy (non-hydrogen) atoms. The summed E-state index contributed by atoms with van der Waals surface area (Å²) < 4.78 is 64.2. The molecule has 0 radical (unpaired) electrons. The highest BCUT2D eigenvalue weighted by molar-refractivity contribution is 7.89. The standard InChI is InChI=1S/C10H13F3N4O2S/c1-16-6-8(9(14)15-16)20(18,19)17-4-2-7(3-5-17)10(11,12)13/h2,6H,3-5H2,1H3,(H2,14,15). The quantitative estimate of drug-likeness (QED) is 0.822. The van der Waals surface area contributed by atoms with Crippen LogP contribution in [0.3, 0.4) is 0 Å². The Hall–Kier alpha value is -1.55. The van der Waals surface area contributed by atoms with Gasteiger partial charge in [-0.15, -0.1) is 0 Å². The van der Waals surface area contributed by atoms with Crippen LogP contribution in [0.5, 0.6) is 0 Å². The van der Waals surface area contributed by atoms with Gasteiger partial charge in [0.15, 0.2) is 5.82 Å². The number of alkyl halides is 3. The van der Waals surface area contributed by atoms with Crippen LogP contribution in [0, 0.1) is 0 Å². The second-order valence-corrected chi connectivity index (χ2v) is 6.30. The molecular weight excluding hydrogens is 297 g/mol. The van der Waals surface area contributed by atoms with Crippen molar-refractivity contribution in [1.82, 2.24) is 14.1 Å². The molecule has 0 saturated heterocycles. The van der Waals surface area contributed by atoms with E-state index in [0.717, 1.165) is 10.4 Å². The zero-order chi connectivity index (χ0) is 15.1. The summed E-state index contributed by atoms with van der Waals surface area (Å²) in [6, 6.07) is 0. The van der Waals surface area contributed by atoms with Crippen LogP contribution in [-0.2, 0) is 17.1 Å². The highest BCUT2D eigenvalue weighted by Crippen LogP contribution is 2.32. The summed E-state index contributed by atoms with van der Waals surface area (Å²) in [7, 11) is -2.42. The van der Waals surface area contributed by atoms with Gasteiger partial charge >= 0.3 is 6.18 Å². The van der Waals surface area contributed by atoms with E-state index in [9.17, 15) is 21.6 Å². The Morgan fingerprint density at radius 2 is 2.05 bits per heavy atom. The normalized spacial score (nSPS) is 18.1. The van der Waals surface area contributed by atoms with Gasteiger partial charge < -0.3 is 5.73 Å². The minimum Gasteiger partial charge on any atom is -0.381 e. The van der Waals surface area contributed by atoms with Crippen LogP contribution in [0.4, 0.5) is 19.0 Å². The molecule has 0 amide bonds. The Bertz CT molecular complexity index is 648. The molecule has 1 aliphatic rings. The highest BCUT2D eigenvalue weighted by Gasteiger charge is 2.37. The first-order valence-corrected chi connectivity index (χ1v) is 7.12. The molecule has 1 aliphatic heterocycles. The fourth-order valence-electron chi connectivity index (χ4n) is 1.95. The number of nitrogens with two attached hydrogens (primary N) is 1. The molecule has 0 aromatic carbocycles. The van der Waals surface area contributed by atoms with Crippen molar-refractivity contribution in [3.63, 3.8) is 0 Å². The monoisotopic (exact) mass is 310 g/mol. The van der Waals surface area contributed by atoms with Crippen molar-refractivity contribution in [1.29, 1.82) is 0 Å². The van der Waals surface area contributed by atoms with Crippen LogP contribution in [0.25, 0.3) is 0 Å². The minimum absolute atomic E-state index is 0.168. The van der Waals surface area contributed by atoms with Crippen molar-refractivity contribution in [3.8, 4) is 0 Å². The lowest BCUT2D eigenvalue weighted by Gasteiger charge is -2.26. The predicted molar refractivity (Wildman–Crippen MR) is 65.1 cm³/mol. The summed E-state index contributed by atoms with van der Waals surface area (Å²) in [6.45, 7) is -0.562. The van der Waals surface area contributed by atoms with Gasteiger partial charge in [0.2, 0.25) is 10.0 Å². The van der Waals surface area contributed by atoms with E-state index in [0.29, 0.717) is 0 Å². The lowest BCUT2D eigenvalue weighted by Crippen LogP contribution is -2.36. The lowest BCUT2D eigenvalue weighted by molar-refractivity contribution is -0.0953. The van der Waals surface area contributed by atoms with E-state index < -0.39 is 21.8 Å². The highest BCUT2D eigenvalue weighted by atomic mass is 32.2. The first-order chi connectivity index (χ1) is 9.12. The fourth-order valence-corrected chi connectivity index (χ4v) is 3.42. The van der Waals surface area contributed by atoms with Crippen LogP contribution >= 0.6 is 0 Å². The maximum Gasteiger partial charge on any atom is 0.412 e. The molecule has 6 nitrogen and oxygen atoms in total. The molecule has 112 valence electrons. The van der Waals surface area contributed by atoms with E-state index in [1.807, 2.05) is 0 Å². The zero-order valence-corrected chi connectivity index (χ0v) is 11.4. The maximum atomic E-state index is 12.5. The average Bonchev–Trinajstić information content (AvgIpc) is 2.68. The first-order valence-electron chi connectivity index (χ1n) is 5.68. The molecule has 1 aromatic rings. The van der Waals surface area contributed by atoms with Crippen molar-refractivity contribution >= 4 is 15.8 Å². The van der Waals surface area contributed by atoms with Gasteiger partial charge in [0.1, 0.15) is 4.90 Å². The molecule has 0 atom stereocenters. The van der Waals surface area contributed by atoms with E-state index in [-0.39, 0.29) is 30.2 Å². The molecule has 10 heteroatoms. The van der Waals surface area contributed by atoms with Crippen LogP contribution in [-0.4, -0.2) is 41.8 Å². The number of rotatable bonds is 2. The molecule has 2 rings (SSSR count). The summed E-state index contributed by atoms with van der Waals surface area (Å²) in [6.07, 6.45) is -2.67. The summed E-state index contributed by atoms with van der Waals surface area (Å²) >= 11 is 0. The maximum absolute atomic E-state index is 12.5. The van der Waals surface area contributed by atoms with Crippen molar-refractivity contribution < 1.29 is 21.6 Å². The molecule has 0 fully saturated rings. The van der Waals surface area contributed by atoms with Crippen molar-refractivity contribution in [2.24, 2.45) is 7.05 Å². The van der Waals surface area contributed by atoms with Gasteiger partial charge in [0, 0.05) is 31.9 Å². The second kappa shape index (κ2) is 4.77. The third kappa shape index (κ3) is 2.66. The number of hydrogen-bond donors (Lipinski definition) is 1. The number of nitrogen functional groups attached to an aromatic ring is 1. The summed E-state index contributed by atoms with van der Waals surface area (Å²) in [5, 5.41) is 3.72. The Kier molecular flexibility index (Phi) is 3.54. The smallest absolute Gasteiger partial charge is 0.381 e. The summed E-state index contributed by atoms with van der Waals surface area (Å²) in [4.78, 5) is -0.191. The Morgan fingerprint density at radius 1 is 1.40 bits per heavy atom. The number of hydrogen-bond acceptors (Lipinski definition) is 4. The van der Waals surface area contributed by atoms with Gasteiger partial charge in [-0.25, -0.2) is 8.42 Å². The molecule has 1 aromatic heterocycles. The van der Waals surface area contributed by atoms with Crippen LogP contribution in [0.1, 0.15) is 6.42 Å². The largest absolute Gasteiger partial charge is 0.412 e. The number of aryl methyl sites for hydroxylation is 1. The molecular formula is C10H13F3N4O2S. The second-order valence-electron chi connectivity index (χ2n) is 4.39. The van der Waals surface area contributed by atoms with Gasteiger partial charge in [0.25, 0.3) is 0 Å². The molecule has 0 saturated carbocycles. The van der Waals surface area contributed by atoms with Crippen molar-refractivity contribution in [2.45, 2.75) is 17.5 Å². The minimum atomic E-state index is -4.41. The first kappa shape index (κ1) is 14.9. The SMILES string of the molecule is Cn1cc(S(=O)(=O)N2CC=C(C(F)(F)F)CC2)c(N)n1. The van der Waals surface area contributed by atoms with Gasteiger partial charge in [-0.05, 0) is 6.42 Å². The fraction of sp³-hybridized carbons (Fsp3) is 0.500. The number of sulfonamides is 1. The Morgan fingerprint density at radius 3 is 2.45 bits per heavy atom. The van der Waals surface area contributed by atoms with Gasteiger partial charge in [-0.2, -0.15) is 22.6 Å². The number of anilines is 1. The van der Waals surface area contributed by atoms with E-state index >= 15 is 0 Å². The van der Waals surface area contributed by atoms with Crippen molar-refractivity contribution in [3.05, 3.63) is 17.8 Å². The van der Waals surface area contributed by atoms with Gasteiger partial charge in [0.05, 0.1) is 0 Å². The van der Waals surface area contributed by atoms with E-state index in [4.69, 9.17) is 5.73 Å². The molecule has 0 unspecified atom stereocenters. The lowest BCUT2D eigenvalue weighted by atomic mass is 10.1. The van der Waals surface area contributed by atoms with Crippen molar-refractivity contribution in [2.75, 3.05) is 18.8 Å². The topological polar surface area (TPSA) is 81.2 Å². The van der Waals surface area contributed by atoms with E-state index in [1.54, 1.807) is 0 Å². The Balaban J connectivity index is 2.26. The number of halogens is 3. The number of nitrogens with zero attached hydrogens (tertiary/aromatic N) is 3. The van der Waals surface area contributed by atoms with Gasteiger partial charge in [-0.1, -0.05) is 6.08 Å². The predicted octanol–water partition coefficient (Wildman–Crippen LogP) is 0.885. The van der Waals surface area contributed by atoms with Gasteiger partial charge in [-0.3, -0.25) is 4.68 Å². The molecule has 2 N–H and O–H groups in total. The van der Waals surface area contributed by atoms with E-state index in [2.05, 4.69) is 5.10 Å². The van der Waals surface area contributed by atoms with Crippen LogP contribution < -0.4 is 5.73 Å². The van der Waals surface area contributed by atoms with Crippen LogP contribution in [0.2, 0.25) is 0 Å². The Labute approximate surface area is 113 Å². The molecule has 2 heterocycles.